The summed E-state index contributed by atoms with van der Waals surface area (Å²) in [6.45, 7) is 4.58. The topological polar surface area (TPSA) is 122 Å². The van der Waals surface area contributed by atoms with Gasteiger partial charge in [-0.2, -0.15) is 0 Å². The second-order valence-corrected chi connectivity index (χ2v) is 5.48. The summed E-state index contributed by atoms with van der Waals surface area (Å²) in [5, 5.41) is 13.3. The first-order valence-corrected chi connectivity index (χ1v) is 7.12. The molecule has 0 bridgehead atoms. The third-order valence-corrected chi connectivity index (χ3v) is 3.17. The molecule has 0 fully saturated rings. The molecule has 0 radical (unpaired) electrons. The number of carbonyl (C=O) groups excluding carboxylic acids is 2. The molecular formula is C11H21N3O4S. The van der Waals surface area contributed by atoms with Gasteiger partial charge in [0, 0.05) is 12.3 Å². The zero-order chi connectivity index (χ0) is 14.8. The van der Waals surface area contributed by atoms with Crippen molar-refractivity contribution in [2.45, 2.75) is 26.3 Å². The van der Waals surface area contributed by atoms with E-state index < -0.39 is 23.9 Å². The van der Waals surface area contributed by atoms with Crippen LogP contribution in [0.5, 0.6) is 0 Å². The average Bonchev–Trinajstić information content (AvgIpc) is 2.27. The van der Waals surface area contributed by atoms with Gasteiger partial charge in [0.25, 0.3) is 0 Å². The fraction of sp³-hybridized carbons (Fsp3) is 0.727. The van der Waals surface area contributed by atoms with Crippen molar-refractivity contribution in [1.29, 1.82) is 0 Å². The maximum absolute atomic E-state index is 11.3. The van der Waals surface area contributed by atoms with Crippen LogP contribution in [0.4, 0.5) is 4.79 Å². The van der Waals surface area contributed by atoms with Gasteiger partial charge in [-0.1, -0.05) is 13.8 Å². The molecule has 0 aromatic rings. The van der Waals surface area contributed by atoms with E-state index in [1.165, 1.54) is 0 Å². The number of hydrogen-bond donors (Lipinski definition) is 4. The Morgan fingerprint density at radius 1 is 1.32 bits per heavy atom. The number of aliphatic carboxylic acids is 1. The van der Waals surface area contributed by atoms with Crippen molar-refractivity contribution in [2.75, 3.05) is 18.1 Å². The van der Waals surface area contributed by atoms with Crippen LogP contribution in [0.2, 0.25) is 0 Å². The maximum Gasteiger partial charge on any atom is 0.321 e. The predicted octanol–water partition coefficient (Wildman–Crippen LogP) is 0.00340. The highest BCUT2D eigenvalue weighted by Gasteiger charge is 2.13. The zero-order valence-corrected chi connectivity index (χ0v) is 12.0. The molecule has 7 nitrogen and oxygen atoms in total. The van der Waals surface area contributed by atoms with E-state index in [1.807, 2.05) is 13.8 Å². The van der Waals surface area contributed by atoms with Crippen LogP contribution in [0.1, 0.15) is 20.3 Å². The molecular weight excluding hydrogens is 270 g/mol. The second-order valence-electron chi connectivity index (χ2n) is 4.45. The van der Waals surface area contributed by atoms with E-state index in [-0.39, 0.29) is 11.5 Å². The summed E-state index contributed by atoms with van der Waals surface area (Å²) in [5.41, 5.74) is 5.27. The van der Waals surface area contributed by atoms with Crippen LogP contribution in [-0.4, -0.2) is 47.1 Å². The third kappa shape index (κ3) is 10.3. The predicted molar refractivity (Wildman–Crippen MR) is 73.9 cm³/mol. The van der Waals surface area contributed by atoms with Crippen molar-refractivity contribution in [3.63, 3.8) is 0 Å². The summed E-state index contributed by atoms with van der Waals surface area (Å²) in [4.78, 5) is 33.0. The average molecular weight is 291 g/mol. The molecule has 0 aliphatic carbocycles. The van der Waals surface area contributed by atoms with E-state index in [9.17, 15) is 14.4 Å². The minimum Gasteiger partial charge on any atom is -0.480 e. The van der Waals surface area contributed by atoms with Gasteiger partial charge in [0.1, 0.15) is 6.04 Å². The minimum atomic E-state index is -1.11. The number of urea groups is 1. The van der Waals surface area contributed by atoms with Crippen molar-refractivity contribution >= 4 is 29.7 Å². The van der Waals surface area contributed by atoms with Crippen LogP contribution in [0.15, 0.2) is 0 Å². The number of amides is 3. The number of carboxylic acid groups (broad SMARTS) is 1. The van der Waals surface area contributed by atoms with Crippen LogP contribution >= 0.6 is 11.8 Å². The number of rotatable bonds is 8. The van der Waals surface area contributed by atoms with Crippen LogP contribution in [0.3, 0.4) is 0 Å². The summed E-state index contributed by atoms with van der Waals surface area (Å²) in [5.74, 6) is -0.982. The molecule has 0 saturated carbocycles. The number of carbonyl (C=O) groups is 3. The Morgan fingerprint density at radius 3 is 2.47 bits per heavy atom. The Bertz CT molecular complexity index is 323. The highest BCUT2D eigenvalue weighted by Crippen LogP contribution is 2.01. The first kappa shape index (κ1) is 17.7. The fourth-order valence-electron chi connectivity index (χ4n) is 1.03. The number of nitrogens with two attached hydrogens (primary N) is 1. The maximum atomic E-state index is 11.3. The molecule has 19 heavy (non-hydrogen) atoms. The Morgan fingerprint density at radius 2 is 1.95 bits per heavy atom. The largest absolute Gasteiger partial charge is 0.480 e. The van der Waals surface area contributed by atoms with Gasteiger partial charge in [-0.15, -0.1) is 11.8 Å². The van der Waals surface area contributed by atoms with Crippen LogP contribution in [0.25, 0.3) is 0 Å². The van der Waals surface area contributed by atoms with Gasteiger partial charge in [-0.25, -0.2) is 4.79 Å². The number of hydrogen-bond acceptors (Lipinski definition) is 5. The molecule has 1 unspecified atom stereocenters. The summed E-state index contributed by atoms with van der Waals surface area (Å²) in [6, 6.07) is -1.54. The van der Waals surface area contributed by atoms with E-state index >= 15 is 0 Å². The molecule has 0 rings (SSSR count). The highest BCUT2D eigenvalue weighted by atomic mass is 32.2. The molecule has 0 saturated heterocycles. The van der Waals surface area contributed by atoms with Crippen molar-refractivity contribution in [2.24, 2.45) is 11.7 Å². The Kier molecular flexibility index (Phi) is 8.98. The van der Waals surface area contributed by atoms with Crippen LogP contribution < -0.4 is 16.4 Å². The van der Waals surface area contributed by atoms with Crippen molar-refractivity contribution in [3.8, 4) is 0 Å². The molecule has 0 aromatic heterocycles. The number of nitrogens with one attached hydrogen (secondary N) is 2. The van der Waals surface area contributed by atoms with Gasteiger partial charge >= 0.3 is 12.0 Å². The number of imide groups is 1. The lowest BCUT2D eigenvalue weighted by molar-refractivity contribution is -0.138. The Hall–Kier alpha value is -1.28. The van der Waals surface area contributed by atoms with Gasteiger partial charge in [-0.05, 0) is 12.3 Å². The number of thioether (sulfide) groups is 1. The summed E-state index contributed by atoms with van der Waals surface area (Å²) >= 11 is 1.07. The van der Waals surface area contributed by atoms with E-state index in [4.69, 9.17) is 10.8 Å². The van der Waals surface area contributed by atoms with E-state index in [0.29, 0.717) is 12.5 Å². The van der Waals surface area contributed by atoms with Gasteiger partial charge in [-0.3, -0.25) is 14.9 Å². The minimum absolute atomic E-state index is 0.00141. The Balaban J connectivity index is 3.68. The fourth-order valence-corrected chi connectivity index (χ4v) is 1.80. The van der Waals surface area contributed by atoms with Crippen molar-refractivity contribution in [1.82, 2.24) is 10.6 Å². The lowest BCUT2D eigenvalue weighted by Crippen LogP contribution is -2.41. The highest BCUT2D eigenvalue weighted by molar-refractivity contribution is 8.00. The smallest absolute Gasteiger partial charge is 0.321 e. The molecule has 0 aromatic carbocycles. The second kappa shape index (κ2) is 9.62. The van der Waals surface area contributed by atoms with Crippen molar-refractivity contribution in [3.05, 3.63) is 0 Å². The molecule has 1 atom stereocenters. The number of carboxylic acids is 1. The standard InChI is InChI=1S/C11H21N3O4S/c1-7(2)3-4-13-11(18)14-9(15)6-19-5-8(12)10(16)17/h7-8H,3-6,12H2,1-2H3,(H,16,17)(H2,13,14,15,18). The third-order valence-electron chi connectivity index (χ3n) is 2.11. The molecule has 3 amide bonds. The first-order valence-electron chi connectivity index (χ1n) is 5.96. The molecule has 0 aliphatic rings. The Labute approximate surface area is 116 Å². The molecule has 5 N–H and O–H groups in total. The zero-order valence-electron chi connectivity index (χ0n) is 11.1. The molecule has 8 heteroatoms. The molecule has 0 aliphatic heterocycles. The van der Waals surface area contributed by atoms with Gasteiger partial charge in [0.05, 0.1) is 5.75 Å². The van der Waals surface area contributed by atoms with Gasteiger partial charge in [0.2, 0.25) is 5.91 Å². The van der Waals surface area contributed by atoms with Crippen LogP contribution in [0, 0.1) is 5.92 Å². The van der Waals surface area contributed by atoms with E-state index in [1.54, 1.807) is 0 Å². The van der Waals surface area contributed by atoms with Crippen LogP contribution in [-0.2, 0) is 9.59 Å². The quantitative estimate of drug-likeness (QED) is 0.499. The SMILES string of the molecule is CC(C)CCNC(=O)NC(=O)CSCC(N)C(=O)O. The summed E-state index contributed by atoms with van der Waals surface area (Å²) in [6.07, 6.45) is 0.837. The molecule has 0 spiro atoms. The first-order chi connectivity index (χ1) is 8.82. The summed E-state index contributed by atoms with van der Waals surface area (Å²) < 4.78 is 0. The summed E-state index contributed by atoms with van der Waals surface area (Å²) in [7, 11) is 0. The van der Waals surface area contributed by atoms with E-state index in [2.05, 4.69) is 10.6 Å². The molecule has 110 valence electrons. The van der Waals surface area contributed by atoms with E-state index in [0.717, 1.165) is 18.2 Å². The lowest BCUT2D eigenvalue weighted by Gasteiger charge is -2.08. The molecule has 0 heterocycles. The normalized spacial score (nSPS) is 12.0. The van der Waals surface area contributed by atoms with Crippen molar-refractivity contribution < 1.29 is 19.5 Å². The monoisotopic (exact) mass is 291 g/mol. The lowest BCUT2D eigenvalue weighted by atomic mass is 10.1. The van der Waals surface area contributed by atoms with Gasteiger partial charge in [0.15, 0.2) is 0 Å². The van der Waals surface area contributed by atoms with Gasteiger partial charge < -0.3 is 16.2 Å².